The van der Waals surface area contributed by atoms with Gasteiger partial charge in [0.15, 0.2) is 5.65 Å². The molecule has 4 aromatic heterocycles. The van der Waals surface area contributed by atoms with Gasteiger partial charge in [0.05, 0.1) is 29.9 Å². The minimum absolute atomic E-state index is 0. The molecule has 168 valence electrons. The molecule has 0 radical (unpaired) electrons. The number of hydrogen-bond donors (Lipinski definition) is 2. The molecule has 8 nitrogen and oxygen atoms in total. The Bertz CT molecular complexity index is 1230. The van der Waals surface area contributed by atoms with Gasteiger partial charge in [-0.05, 0) is 50.9 Å². The molecule has 2 fully saturated rings. The maximum absolute atomic E-state index is 5.80. The van der Waals surface area contributed by atoms with Gasteiger partial charge in [-0.1, -0.05) is 6.42 Å². The third-order valence-electron chi connectivity index (χ3n) is 6.73. The van der Waals surface area contributed by atoms with E-state index in [0.717, 1.165) is 58.9 Å². The Balaban J connectivity index is 0.00000216. The average Bonchev–Trinajstić information content (AvgIpc) is 3.49. The van der Waals surface area contributed by atoms with Crippen LogP contribution in [-0.4, -0.2) is 56.6 Å². The SMILES string of the molecule is CCOc1cc(-c2ccc(N3CCC4(CCCCN4)C3)nc2)c2c3cn[nH]c3nn2c1.Cl. The van der Waals surface area contributed by atoms with Crippen LogP contribution >= 0.6 is 12.4 Å². The number of rotatable bonds is 4. The van der Waals surface area contributed by atoms with E-state index in [0.29, 0.717) is 6.61 Å². The molecular weight excluding hydrogens is 426 g/mol. The van der Waals surface area contributed by atoms with Crippen LogP contribution in [0.25, 0.3) is 27.7 Å². The minimum Gasteiger partial charge on any atom is -0.492 e. The van der Waals surface area contributed by atoms with Crippen molar-refractivity contribution in [3.8, 4) is 16.9 Å². The Labute approximate surface area is 192 Å². The molecule has 0 aromatic carbocycles. The molecule has 1 spiro atoms. The van der Waals surface area contributed by atoms with Crippen LogP contribution in [0.15, 0.2) is 36.8 Å². The Kier molecular flexibility index (Phi) is 5.43. The van der Waals surface area contributed by atoms with Gasteiger partial charge < -0.3 is 15.0 Å². The van der Waals surface area contributed by atoms with Gasteiger partial charge in [0.1, 0.15) is 11.6 Å². The van der Waals surface area contributed by atoms with Gasteiger partial charge in [-0.15, -0.1) is 17.5 Å². The molecule has 1 atom stereocenters. The standard InChI is InChI=1S/C23H27N7O.ClH/c1-2-31-17-11-18(21-19-13-26-27-22(19)28-30(21)14-17)16-5-6-20(24-12-16)29-10-8-23(15-29)7-3-4-9-25-23;/h5-6,11-14,25H,2-4,7-10,15H2,1H3,(H,27,28);1H. The van der Waals surface area contributed by atoms with Gasteiger partial charge in [0.25, 0.3) is 0 Å². The Morgan fingerprint density at radius 1 is 1.19 bits per heavy atom. The van der Waals surface area contributed by atoms with E-state index in [1.165, 1.54) is 25.7 Å². The fraction of sp³-hybridized carbons (Fsp3) is 0.435. The third kappa shape index (κ3) is 3.47. The second-order valence-corrected chi connectivity index (χ2v) is 8.69. The number of pyridine rings is 2. The van der Waals surface area contributed by atoms with Gasteiger partial charge in [-0.3, -0.25) is 5.10 Å². The minimum atomic E-state index is 0. The van der Waals surface area contributed by atoms with Crippen LogP contribution in [0.2, 0.25) is 0 Å². The number of nitrogens with zero attached hydrogens (tertiary/aromatic N) is 5. The first-order valence-corrected chi connectivity index (χ1v) is 11.2. The van der Waals surface area contributed by atoms with Crippen molar-refractivity contribution in [1.82, 2.24) is 30.1 Å². The van der Waals surface area contributed by atoms with E-state index < -0.39 is 0 Å². The largest absolute Gasteiger partial charge is 0.492 e. The molecule has 32 heavy (non-hydrogen) atoms. The Hall–Kier alpha value is -2.84. The number of ether oxygens (including phenoxy) is 1. The van der Waals surface area contributed by atoms with Crippen molar-refractivity contribution in [3.05, 3.63) is 36.8 Å². The number of nitrogens with one attached hydrogen (secondary N) is 2. The molecule has 1 unspecified atom stereocenters. The molecule has 2 N–H and O–H groups in total. The molecule has 0 amide bonds. The molecule has 4 aromatic rings. The maximum Gasteiger partial charge on any atom is 0.178 e. The van der Waals surface area contributed by atoms with E-state index in [9.17, 15) is 0 Å². The van der Waals surface area contributed by atoms with Crippen LogP contribution in [0.4, 0.5) is 5.82 Å². The first-order valence-electron chi connectivity index (χ1n) is 11.2. The van der Waals surface area contributed by atoms with E-state index in [-0.39, 0.29) is 17.9 Å². The zero-order valence-electron chi connectivity index (χ0n) is 18.2. The molecular formula is C23H28ClN7O. The number of H-pyrrole nitrogens is 1. The highest BCUT2D eigenvalue weighted by Crippen LogP contribution is 2.35. The number of fused-ring (bicyclic) bond motifs is 3. The highest BCUT2D eigenvalue weighted by atomic mass is 35.5. The molecule has 6 rings (SSSR count). The molecule has 6 heterocycles. The average molecular weight is 454 g/mol. The lowest BCUT2D eigenvalue weighted by molar-refractivity contribution is 0.280. The summed E-state index contributed by atoms with van der Waals surface area (Å²) in [6.07, 6.45) is 10.8. The molecule has 0 saturated carbocycles. The van der Waals surface area contributed by atoms with Crippen molar-refractivity contribution in [2.45, 2.75) is 38.1 Å². The van der Waals surface area contributed by atoms with E-state index in [1.807, 2.05) is 30.0 Å². The predicted molar refractivity (Wildman–Crippen MR) is 128 cm³/mol. The number of halogens is 1. The first-order chi connectivity index (χ1) is 15.2. The predicted octanol–water partition coefficient (Wildman–Crippen LogP) is 3.82. The topological polar surface area (TPSA) is 83.4 Å². The van der Waals surface area contributed by atoms with E-state index >= 15 is 0 Å². The van der Waals surface area contributed by atoms with Crippen LogP contribution in [0.3, 0.4) is 0 Å². The smallest absolute Gasteiger partial charge is 0.178 e. The van der Waals surface area contributed by atoms with Crippen LogP contribution in [-0.2, 0) is 0 Å². The fourth-order valence-corrected chi connectivity index (χ4v) is 5.19. The van der Waals surface area contributed by atoms with Gasteiger partial charge in [-0.2, -0.15) is 5.10 Å². The highest BCUT2D eigenvalue weighted by molar-refractivity contribution is 6.00. The zero-order valence-corrected chi connectivity index (χ0v) is 19.0. The lowest BCUT2D eigenvalue weighted by Gasteiger charge is -2.34. The molecule has 9 heteroatoms. The van der Waals surface area contributed by atoms with Crippen LogP contribution < -0.4 is 15.0 Å². The normalized spacial score (nSPS) is 20.8. The summed E-state index contributed by atoms with van der Waals surface area (Å²) >= 11 is 0. The second kappa shape index (κ2) is 8.26. The number of hydrogen-bond acceptors (Lipinski definition) is 6. The summed E-state index contributed by atoms with van der Waals surface area (Å²) in [5, 5.41) is 16.5. The van der Waals surface area contributed by atoms with Crippen LogP contribution in [0.1, 0.15) is 32.6 Å². The Morgan fingerprint density at radius 2 is 2.12 bits per heavy atom. The summed E-state index contributed by atoms with van der Waals surface area (Å²) in [6, 6.07) is 6.37. The van der Waals surface area contributed by atoms with Gasteiger partial charge in [-0.25, -0.2) is 9.50 Å². The second-order valence-electron chi connectivity index (χ2n) is 8.69. The van der Waals surface area contributed by atoms with Crippen LogP contribution in [0, 0.1) is 0 Å². The molecule has 2 saturated heterocycles. The summed E-state index contributed by atoms with van der Waals surface area (Å²) < 4.78 is 7.67. The lowest BCUT2D eigenvalue weighted by Crippen LogP contribution is -2.50. The zero-order chi connectivity index (χ0) is 20.8. The van der Waals surface area contributed by atoms with Crippen molar-refractivity contribution in [2.24, 2.45) is 0 Å². The van der Waals surface area contributed by atoms with Crippen molar-refractivity contribution in [3.63, 3.8) is 0 Å². The number of aromatic nitrogens is 5. The quantitative estimate of drug-likeness (QED) is 0.488. The van der Waals surface area contributed by atoms with E-state index in [1.54, 1.807) is 0 Å². The lowest BCUT2D eigenvalue weighted by atomic mass is 9.88. The number of anilines is 1. The van der Waals surface area contributed by atoms with E-state index in [4.69, 9.17) is 9.72 Å². The summed E-state index contributed by atoms with van der Waals surface area (Å²) in [5.41, 5.74) is 4.14. The first kappa shape index (κ1) is 21.0. The molecule has 0 aliphatic carbocycles. The van der Waals surface area contributed by atoms with E-state index in [2.05, 4.69) is 43.7 Å². The maximum atomic E-state index is 5.80. The molecule has 2 aliphatic rings. The summed E-state index contributed by atoms with van der Waals surface area (Å²) in [6.45, 7) is 5.83. The molecule has 0 bridgehead atoms. The summed E-state index contributed by atoms with van der Waals surface area (Å²) in [7, 11) is 0. The molecule has 2 aliphatic heterocycles. The van der Waals surface area contributed by atoms with Crippen molar-refractivity contribution in [1.29, 1.82) is 0 Å². The van der Waals surface area contributed by atoms with Gasteiger partial charge in [0.2, 0.25) is 0 Å². The van der Waals surface area contributed by atoms with Gasteiger partial charge in [0, 0.05) is 36.0 Å². The van der Waals surface area contributed by atoms with Gasteiger partial charge >= 0.3 is 0 Å². The third-order valence-corrected chi connectivity index (χ3v) is 6.73. The van der Waals surface area contributed by atoms with Crippen LogP contribution in [0.5, 0.6) is 5.75 Å². The Morgan fingerprint density at radius 3 is 2.91 bits per heavy atom. The summed E-state index contributed by atoms with van der Waals surface area (Å²) in [5.74, 6) is 1.84. The summed E-state index contributed by atoms with van der Waals surface area (Å²) in [4.78, 5) is 7.27. The highest BCUT2D eigenvalue weighted by Gasteiger charge is 2.39. The van der Waals surface area contributed by atoms with Crippen molar-refractivity contribution in [2.75, 3.05) is 31.1 Å². The number of piperidine rings is 1. The monoisotopic (exact) mass is 453 g/mol. The van der Waals surface area contributed by atoms with Crippen molar-refractivity contribution >= 4 is 34.8 Å². The fourth-order valence-electron chi connectivity index (χ4n) is 5.19. The van der Waals surface area contributed by atoms with Crippen molar-refractivity contribution < 1.29 is 4.74 Å². The number of aromatic amines is 1.